The van der Waals surface area contributed by atoms with Gasteiger partial charge in [0.05, 0.1) is 5.69 Å². The molecule has 0 aliphatic heterocycles. The van der Waals surface area contributed by atoms with Gasteiger partial charge in [0.1, 0.15) is 5.82 Å². The van der Waals surface area contributed by atoms with E-state index in [-0.39, 0.29) is 11.9 Å². The minimum absolute atomic E-state index is 0.143. The van der Waals surface area contributed by atoms with Crippen molar-refractivity contribution in [2.75, 3.05) is 0 Å². The molecule has 19 heavy (non-hydrogen) atoms. The molecule has 2 rings (SSSR count). The lowest BCUT2D eigenvalue weighted by Crippen LogP contribution is -2.15. The Hall–Kier alpha value is -1.20. The van der Waals surface area contributed by atoms with E-state index < -0.39 is 0 Å². The van der Waals surface area contributed by atoms with E-state index in [1.807, 2.05) is 25.6 Å². The summed E-state index contributed by atoms with van der Waals surface area (Å²) >= 11 is 3.37. The number of nitrogens with zero attached hydrogens (tertiary/aromatic N) is 2. The van der Waals surface area contributed by atoms with E-state index in [0.29, 0.717) is 6.42 Å². The van der Waals surface area contributed by atoms with Gasteiger partial charge in [-0.2, -0.15) is 5.10 Å². The summed E-state index contributed by atoms with van der Waals surface area (Å²) in [6, 6.07) is 4.54. The smallest absolute Gasteiger partial charge is 0.124 e. The number of aromatic nitrogens is 2. The van der Waals surface area contributed by atoms with Crippen molar-refractivity contribution in [2.24, 2.45) is 12.8 Å². The molecular formula is C14H17BrFN3. The molecule has 0 fully saturated rings. The molecule has 0 aliphatic rings. The zero-order valence-corrected chi connectivity index (χ0v) is 12.8. The largest absolute Gasteiger partial charge is 0.324 e. The SMILES string of the molecule is Cc1nn(C)c(C)c1C(N)Cc1ccc(F)cc1Br. The minimum Gasteiger partial charge on any atom is -0.324 e. The van der Waals surface area contributed by atoms with Crippen molar-refractivity contribution in [2.45, 2.75) is 26.3 Å². The van der Waals surface area contributed by atoms with Crippen LogP contribution < -0.4 is 5.73 Å². The summed E-state index contributed by atoms with van der Waals surface area (Å²) in [7, 11) is 1.91. The van der Waals surface area contributed by atoms with Crippen molar-refractivity contribution in [1.82, 2.24) is 9.78 Å². The first kappa shape index (κ1) is 14.2. The highest BCUT2D eigenvalue weighted by molar-refractivity contribution is 9.10. The molecule has 0 saturated carbocycles. The molecule has 1 aromatic heterocycles. The highest BCUT2D eigenvalue weighted by atomic mass is 79.9. The molecule has 0 aliphatic carbocycles. The van der Waals surface area contributed by atoms with Crippen LogP contribution in [-0.2, 0) is 13.5 Å². The van der Waals surface area contributed by atoms with Crippen LogP contribution in [0.2, 0.25) is 0 Å². The number of aryl methyl sites for hydroxylation is 2. The first-order chi connectivity index (χ1) is 8.90. The van der Waals surface area contributed by atoms with Gasteiger partial charge in [-0.05, 0) is 38.0 Å². The lowest BCUT2D eigenvalue weighted by molar-refractivity contribution is 0.624. The number of halogens is 2. The van der Waals surface area contributed by atoms with E-state index in [1.54, 1.807) is 6.07 Å². The van der Waals surface area contributed by atoms with Gasteiger partial charge < -0.3 is 5.73 Å². The Morgan fingerprint density at radius 1 is 1.42 bits per heavy atom. The summed E-state index contributed by atoms with van der Waals surface area (Å²) in [5.41, 5.74) is 10.4. The molecule has 2 N–H and O–H groups in total. The summed E-state index contributed by atoms with van der Waals surface area (Å²) < 4.78 is 15.7. The number of nitrogens with two attached hydrogens (primary N) is 1. The van der Waals surface area contributed by atoms with Gasteiger partial charge in [0, 0.05) is 28.8 Å². The molecule has 3 nitrogen and oxygen atoms in total. The third kappa shape index (κ3) is 2.87. The zero-order chi connectivity index (χ0) is 14.2. The number of hydrogen-bond donors (Lipinski definition) is 1. The summed E-state index contributed by atoms with van der Waals surface area (Å²) in [6.45, 7) is 3.97. The summed E-state index contributed by atoms with van der Waals surface area (Å²) in [4.78, 5) is 0. The minimum atomic E-state index is -0.252. The summed E-state index contributed by atoms with van der Waals surface area (Å²) in [5.74, 6) is -0.252. The summed E-state index contributed by atoms with van der Waals surface area (Å²) in [5, 5.41) is 4.37. The Morgan fingerprint density at radius 2 is 2.11 bits per heavy atom. The molecule has 0 bridgehead atoms. The van der Waals surface area contributed by atoms with Crippen LogP contribution in [0.25, 0.3) is 0 Å². The predicted octanol–water partition coefficient (Wildman–Crippen LogP) is 3.18. The molecule has 5 heteroatoms. The van der Waals surface area contributed by atoms with Gasteiger partial charge in [0.2, 0.25) is 0 Å². The fourth-order valence-corrected chi connectivity index (χ4v) is 2.87. The van der Waals surface area contributed by atoms with Gasteiger partial charge in [-0.25, -0.2) is 4.39 Å². The van der Waals surface area contributed by atoms with Crippen molar-refractivity contribution < 1.29 is 4.39 Å². The Bertz CT molecular complexity index is 607. The highest BCUT2D eigenvalue weighted by Crippen LogP contribution is 2.26. The Kier molecular flexibility index (Phi) is 4.06. The third-order valence-corrected chi connectivity index (χ3v) is 4.13. The topological polar surface area (TPSA) is 43.8 Å². The average Bonchev–Trinajstić information content (AvgIpc) is 2.57. The van der Waals surface area contributed by atoms with Crippen molar-refractivity contribution in [3.05, 3.63) is 51.0 Å². The zero-order valence-electron chi connectivity index (χ0n) is 11.2. The lowest BCUT2D eigenvalue weighted by Gasteiger charge is -2.14. The fraction of sp³-hybridized carbons (Fsp3) is 0.357. The maximum Gasteiger partial charge on any atom is 0.124 e. The molecule has 102 valence electrons. The number of benzene rings is 1. The molecular weight excluding hydrogens is 309 g/mol. The molecule has 0 amide bonds. The van der Waals surface area contributed by atoms with Crippen LogP contribution in [0.15, 0.2) is 22.7 Å². The van der Waals surface area contributed by atoms with Gasteiger partial charge in [-0.15, -0.1) is 0 Å². The quantitative estimate of drug-likeness (QED) is 0.941. The van der Waals surface area contributed by atoms with Crippen LogP contribution >= 0.6 is 15.9 Å². The Balaban J connectivity index is 2.28. The maximum atomic E-state index is 13.1. The van der Waals surface area contributed by atoms with Gasteiger partial charge in [-0.1, -0.05) is 22.0 Å². The van der Waals surface area contributed by atoms with Gasteiger partial charge in [-0.3, -0.25) is 4.68 Å². The first-order valence-corrected chi connectivity index (χ1v) is 6.89. The van der Waals surface area contributed by atoms with Crippen LogP contribution in [0, 0.1) is 19.7 Å². The van der Waals surface area contributed by atoms with E-state index in [4.69, 9.17) is 5.73 Å². The molecule has 2 aromatic rings. The normalized spacial score (nSPS) is 12.7. The molecule has 0 saturated heterocycles. The average molecular weight is 326 g/mol. The van der Waals surface area contributed by atoms with Crippen LogP contribution in [0.5, 0.6) is 0 Å². The summed E-state index contributed by atoms with van der Waals surface area (Å²) in [6.07, 6.45) is 0.647. The molecule has 1 atom stereocenters. The standard InChI is InChI=1S/C14H17BrFN3/c1-8-14(9(2)19(3)18-8)13(17)6-10-4-5-11(16)7-12(10)15/h4-5,7,13H,6,17H2,1-3H3. The monoisotopic (exact) mass is 325 g/mol. The maximum absolute atomic E-state index is 13.1. The van der Waals surface area contributed by atoms with Gasteiger partial charge in [0.25, 0.3) is 0 Å². The Morgan fingerprint density at radius 3 is 2.63 bits per heavy atom. The molecule has 1 unspecified atom stereocenters. The molecule has 0 spiro atoms. The van der Waals surface area contributed by atoms with Crippen LogP contribution in [0.3, 0.4) is 0 Å². The second kappa shape index (κ2) is 5.43. The van der Waals surface area contributed by atoms with Crippen molar-refractivity contribution in [3.63, 3.8) is 0 Å². The first-order valence-electron chi connectivity index (χ1n) is 6.09. The predicted molar refractivity (Wildman–Crippen MR) is 77.4 cm³/mol. The second-order valence-electron chi connectivity index (χ2n) is 4.75. The van der Waals surface area contributed by atoms with Gasteiger partial charge in [0.15, 0.2) is 0 Å². The number of hydrogen-bond acceptors (Lipinski definition) is 2. The number of rotatable bonds is 3. The lowest BCUT2D eigenvalue weighted by atomic mass is 9.98. The van der Waals surface area contributed by atoms with Crippen molar-refractivity contribution in [3.8, 4) is 0 Å². The second-order valence-corrected chi connectivity index (χ2v) is 5.61. The van der Waals surface area contributed by atoms with E-state index in [2.05, 4.69) is 21.0 Å². The van der Waals surface area contributed by atoms with Gasteiger partial charge >= 0.3 is 0 Å². The third-order valence-electron chi connectivity index (χ3n) is 3.39. The van der Waals surface area contributed by atoms with E-state index in [0.717, 1.165) is 27.0 Å². The molecule has 1 heterocycles. The molecule has 0 radical (unpaired) electrons. The van der Waals surface area contributed by atoms with E-state index >= 15 is 0 Å². The highest BCUT2D eigenvalue weighted by Gasteiger charge is 2.18. The van der Waals surface area contributed by atoms with Crippen molar-refractivity contribution >= 4 is 15.9 Å². The van der Waals surface area contributed by atoms with E-state index in [1.165, 1.54) is 12.1 Å². The van der Waals surface area contributed by atoms with Crippen LogP contribution in [0.4, 0.5) is 4.39 Å². The molecule has 1 aromatic carbocycles. The fourth-order valence-electron chi connectivity index (χ4n) is 2.35. The van der Waals surface area contributed by atoms with Crippen LogP contribution in [0.1, 0.15) is 28.6 Å². The van der Waals surface area contributed by atoms with E-state index in [9.17, 15) is 4.39 Å². The van der Waals surface area contributed by atoms with Crippen molar-refractivity contribution in [1.29, 1.82) is 0 Å². The Labute approximate surface area is 120 Å². The van der Waals surface area contributed by atoms with Crippen LogP contribution in [-0.4, -0.2) is 9.78 Å².